The quantitative estimate of drug-likeness (QED) is 0.738. The van der Waals surface area contributed by atoms with Gasteiger partial charge in [0.2, 0.25) is 0 Å². The molecule has 1 fully saturated rings. The highest BCUT2D eigenvalue weighted by atomic mass is 15.1. The van der Waals surface area contributed by atoms with Gasteiger partial charge in [-0.15, -0.1) is 0 Å². The number of hydrogen-bond acceptors (Lipinski definition) is 2. The van der Waals surface area contributed by atoms with Crippen LogP contribution in [0.25, 0.3) is 0 Å². The first kappa shape index (κ1) is 14.9. The molecule has 1 saturated heterocycles. The van der Waals surface area contributed by atoms with Gasteiger partial charge in [0.1, 0.15) is 0 Å². The minimum atomic E-state index is 0.272. The molecule has 0 aromatic heterocycles. The molecule has 0 aromatic carbocycles. The molecule has 92 valence electrons. The molecule has 0 saturated carbocycles. The fourth-order valence-electron chi connectivity index (χ4n) is 2.76. The van der Waals surface area contributed by atoms with E-state index in [1.54, 1.807) is 0 Å². The van der Waals surface area contributed by atoms with Crippen LogP contribution in [0.15, 0.2) is 0 Å². The molecule has 0 atom stereocenters. The summed E-state index contributed by atoms with van der Waals surface area (Å²) in [5.41, 5.74) is 0.545. The molecular weight excluding hydrogens is 184 g/mol. The zero-order valence-electron chi connectivity index (χ0n) is 11.7. The van der Waals surface area contributed by atoms with Gasteiger partial charge in [-0.3, -0.25) is 0 Å². The molecule has 2 nitrogen and oxygen atoms in total. The number of piperidine rings is 1. The molecule has 2 N–H and O–H groups in total. The maximum absolute atomic E-state index is 3.68. The standard InChI is InChI=1S/C11H24N2.C2H6/c1-6-12-9-7-10(2,3)13-11(4,5)8-9;1-2/h9,12-13H,6-8H2,1-5H3;1-2H3. The van der Waals surface area contributed by atoms with Crippen molar-refractivity contribution in [2.24, 2.45) is 0 Å². The molecule has 1 aliphatic rings. The van der Waals surface area contributed by atoms with Crippen molar-refractivity contribution in [3.8, 4) is 0 Å². The Hall–Kier alpha value is -0.0800. The zero-order valence-corrected chi connectivity index (χ0v) is 11.7. The molecule has 0 aliphatic carbocycles. The van der Waals surface area contributed by atoms with Crippen LogP contribution >= 0.6 is 0 Å². The SMILES string of the molecule is CC.CCNC1CC(C)(C)NC(C)(C)C1. The predicted octanol–water partition coefficient (Wildman–Crippen LogP) is 2.93. The van der Waals surface area contributed by atoms with Crippen LogP contribution in [-0.2, 0) is 0 Å². The summed E-state index contributed by atoms with van der Waals surface area (Å²) in [6.07, 6.45) is 2.45. The summed E-state index contributed by atoms with van der Waals surface area (Å²) in [6.45, 7) is 16.4. The van der Waals surface area contributed by atoms with E-state index in [2.05, 4.69) is 45.3 Å². The van der Waals surface area contributed by atoms with Gasteiger partial charge < -0.3 is 10.6 Å². The summed E-state index contributed by atoms with van der Waals surface area (Å²) >= 11 is 0. The third-order valence-electron chi connectivity index (χ3n) is 2.68. The Labute approximate surface area is 96.2 Å². The lowest BCUT2D eigenvalue weighted by atomic mass is 9.79. The first-order valence-electron chi connectivity index (χ1n) is 6.37. The highest BCUT2D eigenvalue weighted by Crippen LogP contribution is 2.28. The van der Waals surface area contributed by atoms with Crippen LogP contribution in [0.4, 0.5) is 0 Å². The molecule has 2 heteroatoms. The highest BCUT2D eigenvalue weighted by molar-refractivity contribution is 4.99. The Bertz CT molecular complexity index is 157. The fourth-order valence-corrected chi connectivity index (χ4v) is 2.76. The van der Waals surface area contributed by atoms with Crippen LogP contribution < -0.4 is 10.6 Å². The Morgan fingerprint density at radius 3 is 1.80 bits per heavy atom. The zero-order chi connectivity index (χ0) is 12.1. The van der Waals surface area contributed by atoms with E-state index in [0.29, 0.717) is 6.04 Å². The van der Waals surface area contributed by atoms with E-state index in [-0.39, 0.29) is 11.1 Å². The lowest BCUT2D eigenvalue weighted by Gasteiger charge is -2.46. The van der Waals surface area contributed by atoms with Gasteiger partial charge in [-0.05, 0) is 47.1 Å². The van der Waals surface area contributed by atoms with E-state index in [0.717, 1.165) is 6.54 Å². The molecular formula is C13H30N2. The average molecular weight is 214 g/mol. The van der Waals surface area contributed by atoms with Crippen molar-refractivity contribution in [3.05, 3.63) is 0 Å². The van der Waals surface area contributed by atoms with Gasteiger partial charge in [0.05, 0.1) is 0 Å². The summed E-state index contributed by atoms with van der Waals surface area (Å²) in [5.74, 6) is 0. The smallest absolute Gasteiger partial charge is 0.0144 e. The van der Waals surface area contributed by atoms with E-state index in [9.17, 15) is 0 Å². The second kappa shape index (κ2) is 5.86. The summed E-state index contributed by atoms with van der Waals surface area (Å²) in [6, 6.07) is 0.677. The van der Waals surface area contributed by atoms with Gasteiger partial charge in [-0.25, -0.2) is 0 Å². The van der Waals surface area contributed by atoms with E-state index < -0.39 is 0 Å². The summed E-state index contributed by atoms with van der Waals surface area (Å²) in [7, 11) is 0. The van der Waals surface area contributed by atoms with Gasteiger partial charge in [-0.1, -0.05) is 20.8 Å². The largest absolute Gasteiger partial charge is 0.314 e. The van der Waals surface area contributed by atoms with Gasteiger partial charge in [0, 0.05) is 17.1 Å². The van der Waals surface area contributed by atoms with Crippen LogP contribution in [0.5, 0.6) is 0 Å². The molecule has 0 unspecified atom stereocenters. The molecule has 0 bridgehead atoms. The van der Waals surface area contributed by atoms with Gasteiger partial charge in [0.25, 0.3) is 0 Å². The number of hydrogen-bond donors (Lipinski definition) is 2. The lowest BCUT2D eigenvalue weighted by Crippen LogP contribution is -2.61. The molecule has 1 rings (SSSR count). The summed E-state index contributed by atoms with van der Waals surface area (Å²) in [5, 5.41) is 7.24. The summed E-state index contributed by atoms with van der Waals surface area (Å²) in [4.78, 5) is 0. The molecule has 0 amide bonds. The second-order valence-corrected chi connectivity index (χ2v) is 5.56. The molecule has 1 aliphatic heterocycles. The Morgan fingerprint density at radius 2 is 1.47 bits per heavy atom. The number of rotatable bonds is 2. The Morgan fingerprint density at radius 1 is 1.07 bits per heavy atom. The van der Waals surface area contributed by atoms with Crippen LogP contribution in [0.1, 0.15) is 61.3 Å². The van der Waals surface area contributed by atoms with Crippen molar-refractivity contribution in [1.29, 1.82) is 0 Å². The highest BCUT2D eigenvalue weighted by Gasteiger charge is 2.36. The van der Waals surface area contributed by atoms with Crippen LogP contribution in [0, 0.1) is 0 Å². The van der Waals surface area contributed by atoms with Gasteiger partial charge >= 0.3 is 0 Å². The average Bonchev–Trinajstić information content (AvgIpc) is 2.02. The fraction of sp³-hybridized carbons (Fsp3) is 1.00. The monoisotopic (exact) mass is 214 g/mol. The maximum Gasteiger partial charge on any atom is 0.0144 e. The van der Waals surface area contributed by atoms with Crippen molar-refractivity contribution in [2.45, 2.75) is 78.4 Å². The van der Waals surface area contributed by atoms with Crippen molar-refractivity contribution in [3.63, 3.8) is 0 Å². The summed E-state index contributed by atoms with van der Waals surface area (Å²) < 4.78 is 0. The third kappa shape index (κ3) is 5.53. The Balaban J connectivity index is 0.000000921. The van der Waals surface area contributed by atoms with E-state index in [1.807, 2.05) is 13.8 Å². The minimum Gasteiger partial charge on any atom is -0.314 e. The molecule has 0 aromatic rings. The lowest BCUT2D eigenvalue weighted by molar-refractivity contribution is 0.147. The van der Waals surface area contributed by atoms with Gasteiger partial charge in [-0.2, -0.15) is 0 Å². The van der Waals surface area contributed by atoms with E-state index in [1.165, 1.54) is 12.8 Å². The molecule has 15 heavy (non-hydrogen) atoms. The van der Waals surface area contributed by atoms with Gasteiger partial charge in [0.15, 0.2) is 0 Å². The van der Waals surface area contributed by atoms with Crippen molar-refractivity contribution < 1.29 is 0 Å². The second-order valence-electron chi connectivity index (χ2n) is 5.56. The first-order valence-corrected chi connectivity index (χ1v) is 6.37. The van der Waals surface area contributed by atoms with Crippen LogP contribution in [0.2, 0.25) is 0 Å². The first-order chi connectivity index (χ1) is 6.85. The van der Waals surface area contributed by atoms with Crippen LogP contribution in [-0.4, -0.2) is 23.7 Å². The number of nitrogens with one attached hydrogen (secondary N) is 2. The van der Waals surface area contributed by atoms with Crippen molar-refractivity contribution >= 4 is 0 Å². The van der Waals surface area contributed by atoms with E-state index in [4.69, 9.17) is 0 Å². The van der Waals surface area contributed by atoms with Crippen molar-refractivity contribution in [2.75, 3.05) is 6.54 Å². The Kier molecular flexibility index (Phi) is 5.82. The maximum atomic E-state index is 3.68. The topological polar surface area (TPSA) is 24.1 Å². The van der Waals surface area contributed by atoms with Crippen molar-refractivity contribution in [1.82, 2.24) is 10.6 Å². The molecule has 0 spiro atoms. The van der Waals surface area contributed by atoms with E-state index >= 15 is 0 Å². The molecule has 0 radical (unpaired) electrons. The predicted molar refractivity (Wildman–Crippen MR) is 69.3 cm³/mol. The molecule has 1 heterocycles. The van der Waals surface area contributed by atoms with Crippen LogP contribution in [0.3, 0.4) is 0 Å². The third-order valence-corrected chi connectivity index (χ3v) is 2.68. The minimum absolute atomic E-state index is 0.272. The normalized spacial score (nSPS) is 24.2.